The van der Waals surface area contributed by atoms with E-state index in [0.29, 0.717) is 10.8 Å². The SMILES string of the molecule is N[C@@H]1c2ccccc2CC12CCN(c1nc3ccc(Sc4cccc(Nc5cnccn5)c4Cl)c4ncc1n34)CC2. The molecule has 0 saturated carbocycles. The second-order valence-corrected chi connectivity index (χ2v) is 12.4. The number of nitrogens with two attached hydrogens (primary N) is 1. The van der Waals surface area contributed by atoms with Crippen LogP contribution in [-0.2, 0) is 6.42 Å². The van der Waals surface area contributed by atoms with Crippen molar-refractivity contribution in [3.05, 3.63) is 95.5 Å². The molecule has 204 valence electrons. The Morgan fingerprint density at radius 2 is 1.83 bits per heavy atom. The van der Waals surface area contributed by atoms with Gasteiger partial charge in [-0.05, 0) is 60.1 Å². The van der Waals surface area contributed by atoms with Crippen LogP contribution < -0.4 is 16.0 Å². The Kier molecular flexibility index (Phi) is 5.80. The van der Waals surface area contributed by atoms with Crippen LogP contribution >= 0.6 is 23.4 Å². The fourth-order valence-electron chi connectivity index (χ4n) is 6.56. The van der Waals surface area contributed by atoms with E-state index < -0.39 is 0 Å². The molecule has 1 aliphatic carbocycles. The molecular weight excluding hydrogens is 552 g/mol. The first kappa shape index (κ1) is 24.8. The largest absolute Gasteiger partial charge is 0.355 e. The summed E-state index contributed by atoms with van der Waals surface area (Å²) in [5, 5.41) is 3.88. The van der Waals surface area contributed by atoms with E-state index in [1.54, 1.807) is 30.4 Å². The molecule has 5 heterocycles. The lowest BCUT2D eigenvalue weighted by atomic mass is 9.73. The minimum Gasteiger partial charge on any atom is -0.355 e. The molecule has 10 heteroatoms. The van der Waals surface area contributed by atoms with Gasteiger partial charge in [0.2, 0.25) is 0 Å². The van der Waals surface area contributed by atoms with Gasteiger partial charge >= 0.3 is 0 Å². The first-order valence-electron chi connectivity index (χ1n) is 13.8. The van der Waals surface area contributed by atoms with E-state index in [4.69, 9.17) is 27.3 Å². The fraction of sp³-hybridized carbons (Fsp3) is 0.226. The lowest BCUT2D eigenvalue weighted by Gasteiger charge is -2.42. The van der Waals surface area contributed by atoms with Crippen molar-refractivity contribution in [1.29, 1.82) is 0 Å². The molecule has 1 fully saturated rings. The van der Waals surface area contributed by atoms with Crippen molar-refractivity contribution in [2.75, 3.05) is 23.3 Å². The summed E-state index contributed by atoms with van der Waals surface area (Å²) in [6.45, 7) is 1.87. The number of rotatable bonds is 5. The number of hydrogen-bond acceptors (Lipinski definition) is 8. The molecule has 1 aliphatic heterocycles. The second kappa shape index (κ2) is 9.58. The van der Waals surface area contributed by atoms with Gasteiger partial charge < -0.3 is 16.0 Å². The molecule has 2 aromatic carbocycles. The average molecular weight is 579 g/mol. The maximum absolute atomic E-state index is 6.83. The van der Waals surface area contributed by atoms with E-state index in [1.165, 1.54) is 11.1 Å². The van der Waals surface area contributed by atoms with Crippen LogP contribution in [0.5, 0.6) is 0 Å². The summed E-state index contributed by atoms with van der Waals surface area (Å²) in [5.74, 6) is 1.64. The zero-order valence-electron chi connectivity index (χ0n) is 22.2. The number of hydrogen-bond donors (Lipinski definition) is 2. The number of imidazole rings is 2. The summed E-state index contributed by atoms with van der Waals surface area (Å²) in [4.78, 5) is 22.7. The molecule has 0 amide bonds. The fourth-order valence-corrected chi connectivity index (χ4v) is 7.80. The van der Waals surface area contributed by atoms with Crippen LogP contribution in [0.1, 0.15) is 30.0 Å². The van der Waals surface area contributed by atoms with Crippen molar-refractivity contribution >= 4 is 57.5 Å². The van der Waals surface area contributed by atoms with Crippen molar-refractivity contribution < 1.29 is 0 Å². The monoisotopic (exact) mass is 578 g/mol. The molecule has 1 atom stereocenters. The Balaban J connectivity index is 1.05. The standard InChI is InChI=1S/C31H27ClN8S/c32-27-21(37-25-18-34-12-13-35-25)6-3-7-23(27)41-24-8-9-26-38-29(22-17-36-30(24)40(22)26)39-14-10-31(11-15-39)16-19-4-1-2-5-20(19)28(31)33/h1-9,12-13,17-18,28H,10-11,14-16,33H2,(H,35,37)/t28-/m1/s1. The highest BCUT2D eigenvalue weighted by atomic mass is 35.5. The minimum absolute atomic E-state index is 0.103. The number of anilines is 3. The highest BCUT2D eigenvalue weighted by Gasteiger charge is 2.46. The maximum atomic E-state index is 6.83. The first-order valence-corrected chi connectivity index (χ1v) is 15.0. The predicted molar refractivity (Wildman–Crippen MR) is 164 cm³/mol. The summed E-state index contributed by atoms with van der Waals surface area (Å²) < 4.78 is 2.16. The first-order chi connectivity index (χ1) is 20.1. The quantitative estimate of drug-likeness (QED) is 0.239. The number of halogens is 1. The summed E-state index contributed by atoms with van der Waals surface area (Å²) in [5.41, 5.74) is 13.3. The predicted octanol–water partition coefficient (Wildman–Crippen LogP) is 6.50. The van der Waals surface area contributed by atoms with Crippen molar-refractivity contribution in [3.63, 3.8) is 0 Å². The van der Waals surface area contributed by atoms with Crippen LogP contribution in [0.4, 0.5) is 17.3 Å². The highest BCUT2D eigenvalue weighted by molar-refractivity contribution is 7.99. The number of benzene rings is 2. The Hall–Kier alpha value is -3.92. The van der Waals surface area contributed by atoms with E-state index in [2.05, 4.69) is 61.0 Å². The van der Waals surface area contributed by atoms with Crippen LogP contribution in [-0.4, -0.2) is 37.4 Å². The van der Waals surface area contributed by atoms with Crippen molar-refractivity contribution in [1.82, 2.24) is 24.3 Å². The van der Waals surface area contributed by atoms with Crippen LogP contribution in [0.2, 0.25) is 5.02 Å². The lowest BCUT2D eigenvalue weighted by molar-refractivity contribution is 0.187. The molecular formula is C31H27ClN8S. The van der Waals surface area contributed by atoms with E-state index in [-0.39, 0.29) is 11.5 Å². The van der Waals surface area contributed by atoms with Gasteiger partial charge in [0.15, 0.2) is 11.5 Å². The topological polar surface area (TPSA) is 97.3 Å². The zero-order valence-corrected chi connectivity index (χ0v) is 23.7. The molecule has 3 N–H and O–H groups in total. The van der Waals surface area contributed by atoms with Crippen LogP contribution in [0.25, 0.3) is 16.8 Å². The van der Waals surface area contributed by atoms with Gasteiger partial charge in [0, 0.05) is 36.4 Å². The van der Waals surface area contributed by atoms with Crippen LogP contribution in [0.3, 0.4) is 0 Å². The summed E-state index contributed by atoms with van der Waals surface area (Å²) in [6, 6.07) is 18.9. The molecule has 0 bridgehead atoms. The number of aromatic nitrogens is 5. The van der Waals surface area contributed by atoms with Gasteiger partial charge in [0.05, 0.1) is 28.0 Å². The Bertz CT molecular complexity index is 1880. The maximum Gasteiger partial charge on any atom is 0.157 e. The van der Waals surface area contributed by atoms with Gasteiger partial charge in [-0.15, -0.1) is 0 Å². The summed E-state index contributed by atoms with van der Waals surface area (Å²) in [6.07, 6.45) is 10.1. The van der Waals surface area contributed by atoms with E-state index in [1.807, 2.05) is 24.4 Å². The second-order valence-electron chi connectivity index (χ2n) is 10.9. The number of nitrogens with zero attached hydrogens (tertiary/aromatic N) is 6. The van der Waals surface area contributed by atoms with Crippen LogP contribution in [0.15, 0.2) is 89.2 Å². The van der Waals surface area contributed by atoms with Crippen LogP contribution in [0, 0.1) is 5.41 Å². The third-order valence-corrected chi connectivity index (χ3v) is 10.3. The van der Waals surface area contributed by atoms with Gasteiger partial charge in [0.1, 0.15) is 17.0 Å². The van der Waals surface area contributed by atoms with Gasteiger partial charge in [-0.25, -0.2) is 15.0 Å². The smallest absolute Gasteiger partial charge is 0.157 e. The molecule has 0 unspecified atom stereocenters. The van der Waals surface area contributed by atoms with Gasteiger partial charge in [-0.1, -0.05) is 53.7 Å². The third-order valence-electron chi connectivity index (χ3n) is 8.70. The summed E-state index contributed by atoms with van der Waals surface area (Å²) >= 11 is 8.42. The van der Waals surface area contributed by atoms with Crippen molar-refractivity contribution in [3.8, 4) is 0 Å². The summed E-state index contributed by atoms with van der Waals surface area (Å²) in [7, 11) is 0. The molecule has 8 nitrogen and oxygen atoms in total. The molecule has 1 saturated heterocycles. The minimum atomic E-state index is 0.103. The molecule has 2 aliphatic rings. The van der Waals surface area contributed by atoms with Gasteiger partial charge in [-0.3, -0.25) is 9.38 Å². The average Bonchev–Trinajstić information content (AvgIpc) is 3.68. The number of piperidine rings is 1. The molecule has 41 heavy (non-hydrogen) atoms. The number of fused-ring (bicyclic) bond motifs is 1. The molecule has 6 aromatic rings. The number of pyridine rings is 1. The van der Waals surface area contributed by atoms with Gasteiger partial charge in [0.25, 0.3) is 0 Å². The lowest BCUT2D eigenvalue weighted by Crippen LogP contribution is -2.44. The third kappa shape index (κ3) is 4.02. The van der Waals surface area contributed by atoms with E-state index in [0.717, 1.165) is 70.5 Å². The Morgan fingerprint density at radius 3 is 2.66 bits per heavy atom. The zero-order chi connectivity index (χ0) is 27.6. The Morgan fingerprint density at radius 1 is 0.951 bits per heavy atom. The Labute approximate surface area is 246 Å². The normalized spacial score (nSPS) is 18.0. The van der Waals surface area contributed by atoms with Crippen molar-refractivity contribution in [2.24, 2.45) is 11.1 Å². The van der Waals surface area contributed by atoms with Crippen molar-refractivity contribution in [2.45, 2.75) is 35.1 Å². The molecule has 0 radical (unpaired) electrons. The highest BCUT2D eigenvalue weighted by Crippen LogP contribution is 2.51. The molecule has 4 aromatic heterocycles. The number of nitrogens with one attached hydrogen (secondary N) is 1. The molecule has 1 spiro atoms. The van der Waals surface area contributed by atoms with Gasteiger partial charge in [-0.2, -0.15) is 0 Å². The molecule has 8 rings (SSSR count). The van der Waals surface area contributed by atoms with E-state index >= 15 is 0 Å². The van der Waals surface area contributed by atoms with E-state index in [9.17, 15) is 0 Å².